The first-order valence-electron chi connectivity index (χ1n) is 9.45. The summed E-state index contributed by atoms with van der Waals surface area (Å²) in [6, 6.07) is 7.69. The summed E-state index contributed by atoms with van der Waals surface area (Å²) in [6.07, 6.45) is 6.41. The van der Waals surface area contributed by atoms with Crippen LogP contribution in [0.15, 0.2) is 47.4 Å². The second-order valence-corrected chi connectivity index (χ2v) is 6.92. The molecule has 1 aromatic carbocycles. The molecule has 29 heavy (non-hydrogen) atoms. The molecular formula is C21H20N6O2. The largest absolute Gasteiger partial charge is 0.494 e. The maximum atomic E-state index is 5.57. The maximum Gasteiger partial charge on any atom is 0.261 e. The zero-order chi connectivity index (χ0) is 19.8. The number of rotatable bonds is 4. The standard InChI is InChI=1S/C21H20N6O2/c1-13-19(16-7-8-22-9-14(16)10-23-13)20-25-21(29-26-20)15-11-24-27(12-15)17-5-3-4-6-18(17)28-2/h3-6,10-12,22H,7-9H2,1-2H3. The van der Waals surface area contributed by atoms with Gasteiger partial charge in [-0.2, -0.15) is 10.1 Å². The van der Waals surface area contributed by atoms with Gasteiger partial charge in [0.15, 0.2) is 0 Å². The molecule has 0 saturated heterocycles. The monoisotopic (exact) mass is 388 g/mol. The minimum atomic E-state index is 0.423. The number of ether oxygens (including phenoxy) is 1. The van der Waals surface area contributed by atoms with Gasteiger partial charge in [-0.1, -0.05) is 17.3 Å². The van der Waals surface area contributed by atoms with Crippen LogP contribution in [-0.4, -0.2) is 38.6 Å². The first-order chi connectivity index (χ1) is 14.2. The minimum absolute atomic E-state index is 0.423. The highest BCUT2D eigenvalue weighted by molar-refractivity contribution is 5.66. The van der Waals surface area contributed by atoms with Gasteiger partial charge in [0.2, 0.25) is 5.82 Å². The topological polar surface area (TPSA) is 90.9 Å². The van der Waals surface area contributed by atoms with Crippen molar-refractivity contribution >= 4 is 0 Å². The van der Waals surface area contributed by atoms with E-state index >= 15 is 0 Å². The smallest absolute Gasteiger partial charge is 0.261 e. The van der Waals surface area contributed by atoms with Crippen LogP contribution < -0.4 is 10.1 Å². The van der Waals surface area contributed by atoms with Gasteiger partial charge < -0.3 is 14.6 Å². The molecule has 0 atom stereocenters. The van der Waals surface area contributed by atoms with Crippen molar-refractivity contribution < 1.29 is 9.26 Å². The van der Waals surface area contributed by atoms with Crippen LogP contribution in [0.25, 0.3) is 28.5 Å². The molecular weight excluding hydrogens is 368 g/mol. The highest BCUT2D eigenvalue weighted by Gasteiger charge is 2.22. The summed E-state index contributed by atoms with van der Waals surface area (Å²) >= 11 is 0. The lowest BCUT2D eigenvalue weighted by atomic mass is 9.95. The Labute approximate surface area is 167 Å². The van der Waals surface area contributed by atoms with Crippen molar-refractivity contribution in [3.05, 3.63) is 59.7 Å². The molecule has 146 valence electrons. The van der Waals surface area contributed by atoms with Crippen molar-refractivity contribution in [2.24, 2.45) is 0 Å². The molecule has 0 aliphatic carbocycles. The third-order valence-corrected chi connectivity index (χ3v) is 5.14. The van der Waals surface area contributed by atoms with Gasteiger partial charge in [-0.05, 0) is 43.1 Å². The van der Waals surface area contributed by atoms with E-state index in [0.29, 0.717) is 11.7 Å². The van der Waals surface area contributed by atoms with Gasteiger partial charge in [0.05, 0.1) is 18.9 Å². The van der Waals surface area contributed by atoms with E-state index in [4.69, 9.17) is 9.26 Å². The molecule has 4 heterocycles. The summed E-state index contributed by atoms with van der Waals surface area (Å²) < 4.78 is 12.7. The van der Waals surface area contributed by atoms with E-state index < -0.39 is 0 Å². The lowest BCUT2D eigenvalue weighted by Crippen LogP contribution is -2.24. The van der Waals surface area contributed by atoms with Crippen LogP contribution in [-0.2, 0) is 13.0 Å². The van der Waals surface area contributed by atoms with Gasteiger partial charge in [0.1, 0.15) is 11.4 Å². The first kappa shape index (κ1) is 17.6. The van der Waals surface area contributed by atoms with Gasteiger partial charge in [-0.25, -0.2) is 4.68 Å². The van der Waals surface area contributed by atoms with Crippen LogP contribution >= 0.6 is 0 Å². The SMILES string of the molecule is COc1ccccc1-n1cc(-c2nc(-c3c(C)ncc4c3CCNC4)no2)cn1. The Morgan fingerprint density at radius 2 is 2.10 bits per heavy atom. The summed E-state index contributed by atoms with van der Waals surface area (Å²) in [6.45, 7) is 3.72. The fraction of sp³-hybridized carbons (Fsp3) is 0.238. The van der Waals surface area contributed by atoms with Gasteiger partial charge in [-0.3, -0.25) is 4.98 Å². The van der Waals surface area contributed by atoms with Crippen molar-refractivity contribution in [2.75, 3.05) is 13.7 Å². The lowest BCUT2D eigenvalue weighted by Gasteiger charge is -2.19. The number of nitrogens with zero attached hydrogens (tertiary/aromatic N) is 5. The molecule has 1 aliphatic rings. The van der Waals surface area contributed by atoms with E-state index in [1.165, 1.54) is 11.1 Å². The zero-order valence-electron chi connectivity index (χ0n) is 16.2. The van der Waals surface area contributed by atoms with E-state index in [-0.39, 0.29) is 0 Å². The van der Waals surface area contributed by atoms with Crippen LogP contribution in [0, 0.1) is 6.92 Å². The predicted octanol–water partition coefficient (Wildman–Crippen LogP) is 2.95. The summed E-state index contributed by atoms with van der Waals surface area (Å²) in [5, 5.41) is 12.0. The van der Waals surface area contributed by atoms with E-state index in [9.17, 15) is 0 Å². The Balaban J connectivity index is 1.52. The molecule has 0 spiro atoms. The quantitative estimate of drug-likeness (QED) is 0.575. The first-order valence-corrected chi connectivity index (χ1v) is 9.45. The highest BCUT2D eigenvalue weighted by Crippen LogP contribution is 2.31. The van der Waals surface area contributed by atoms with Crippen LogP contribution in [0.2, 0.25) is 0 Å². The number of aromatic nitrogens is 5. The molecule has 8 nitrogen and oxygen atoms in total. The molecule has 0 unspecified atom stereocenters. The van der Waals surface area contributed by atoms with Gasteiger partial charge >= 0.3 is 0 Å². The lowest BCUT2D eigenvalue weighted by molar-refractivity contribution is 0.411. The minimum Gasteiger partial charge on any atom is -0.494 e. The number of methoxy groups -OCH3 is 1. The number of nitrogens with one attached hydrogen (secondary N) is 1. The van der Waals surface area contributed by atoms with E-state index in [0.717, 1.165) is 47.8 Å². The zero-order valence-corrected chi connectivity index (χ0v) is 16.2. The average molecular weight is 388 g/mol. The Morgan fingerprint density at radius 3 is 3.00 bits per heavy atom. The van der Waals surface area contributed by atoms with E-state index in [1.54, 1.807) is 18.0 Å². The van der Waals surface area contributed by atoms with E-state index in [2.05, 4.69) is 25.5 Å². The highest BCUT2D eigenvalue weighted by atomic mass is 16.5. The summed E-state index contributed by atoms with van der Waals surface area (Å²) in [4.78, 5) is 9.17. The van der Waals surface area contributed by atoms with Gasteiger partial charge in [0.25, 0.3) is 5.89 Å². The Hall–Kier alpha value is -3.52. The number of para-hydroxylation sites is 2. The summed E-state index contributed by atoms with van der Waals surface area (Å²) in [7, 11) is 1.64. The second kappa shape index (κ2) is 7.14. The number of hydrogen-bond acceptors (Lipinski definition) is 7. The normalized spacial score (nSPS) is 13.3. The van der Waals surface area contributed by atoms with Gasteiger partial charge in [0, 0.05) is 30.2 Å². The molecule has 4 aromatic rings. The third-order valence-electron chi connectivity index (χ3n) is 5.14. The van der Waals surface area contributed by atoms with Crippen molar-refractivity contribution in [3.8, 4) is 34.3 Å². The number of pyridine rings is 1. The number of hydrogen-bond donors (Lipinski definition) is 1. The molecule has 1 N–H and O–H groups in total. The molecule has 1 aliphatic heterocycles. The van der Waals surface area contributed by atoms with Crippen molar-refractivity contribution in [2.45, 2.75) is 19.9 Å². The fourth-order valence-corrected chi connectivity index (χ4v) is 3.69. The Kier molecular flexibility index (Phi) is 4.33. The summed E-state index contributed by atoms with van der Waals surface area (Å²) in [5.74, 6) is 1.72. The van der Waals surface area contributed by atoms with Crippen molar-refractivity contribution in [1.82, 2.24) is 30.2 Å². The van der Waals surface area contributed by atoms with Crippen LogP contribution in [0.4, 0.5) is 0 Å². The molecule has 3 aromatic heterocycles. The molecule has 0 bridgehead atoms. The third kappa shape index (κ3) is 3.07. The summed E-state index contributed by atoms with van der Waals surface area (Å²) in [5.41, 5.74) is 5.89. The van der Waals surface area contributed by atoms with Crippen molar-refractivity contribution in [1.29, 1.82) is 0 Å². The maximum absolute atomic E-state index is 5.57. The van der Waals surface area contributed by atoms with Crippen LogP contribution in [0.1, 0.15) is 16.8 Å². The molecule has 5 rings (SSSR count). The van der Waals surface area contributed by atoms with Gasteiger partial charge in [-0.15, -0.1) is 0 Å². The molecule has 0 amide bonds. The van der Waals surface area contributed by atoms with Crippen LogP contribution in [0.5, 0.6) is 5.75 Å². The number of fused-ring (bicyclic) bond motifs is 1. The molecule has 8 heteroatoms. The Morgan fingerprint density at radius 1 is 1.21 bits per heavy atom. The van der Waals surface area contributed by atoms with Crippen molar-refractivity contribution in [3.63, 3.8) is 0 Å². The fourth-order valence-electron chi connectivity index (χ4n) is 3.69. The number of benzene rings is 1. The van der Waals surface area contributed by atoms with E-state index in [1.807, 2.05) is 43.6 Å². The second-order valence-electron chi connectivity index (χ2n) is 6.92. The molecule has 0 saturated carbocycles. The Bertz CT molecular complexity index is 1180. The predicted molar refractivity (Wildman–Crippen MR) is 107 cm³/mol. The molecule has 0 fully saturated rings. The average Bonchev–Trinajstić information content (AvgIpc) is 3.43. The molecule has 0 radical (unpaired) electrons. The van der Waals surface area contributed by atoms with Crippen LogP contribution in [0.3, 0.4) is 0 Å². The number of aryl methyl sites for hydroxylation is 1.